The standard InChI is InChI=1S/C14H16ClN3O/c1-9-17-14(18-19-9)8-16-13-6-11(7-13)10-2-4-12(15)5-3-10/h2-5,11,13,16H,6-8H2,1H3. The highest BCUT2D eigenvalue weighted by atomic mass is 35.5. The van der Waals surface area contributed by atoms with Crippen LogP contribution in [-0.2, 0) is 6.54 Å². The number of benzene rings is 1. The molecule has 1 heterocycles. The molecule has 1 aromatic heterocycles. The molecule has 1 aliphatic carbocycles. The zero-order valence-corrected chi connectivity index (χ0v) is 11.5. The van der Waals surface area contributed by atoms with Gasteiger partial charge in [0.2, 0.25) is 5.89 Å². The zero-order chi connectivity index (χ0) is 13.2. The largest absolute Gasteiger partial charge is 0.340 e. The van der Waals surface area contributed by atoms with Crippen LogP contribution < -0.4 is 5.32 Å². The maximum absolute atomic E-state index is 5.89. The van der Waals surface area contributed by atoms with Gasteiger partial charge in [0.15, 0.2) is 5.82 Å². The summed E-state index contributed by atoms with van der Waals surface area (Å²) in [7, 11) is 0. The Bertz CT molecular complexity index is 546. The van der Waals surface area contributed by atoms with E-state index in [9.17, 15) is 0 Å². The summed E-state index contributed by atoms with van der Waals surface area (Å²) in [6, 6.07) is 8.69. The van der Waals surface area contributed by atoms with Crippen LogP contribution in [0.25, 0.3) is 0 Å². The molecule has 3 rings (SSSR count). The quantitative estimate of drug-likeness (QED) is 0.933. The highest BCUT2D eigenvalue weighted by Crippen LogP contribution is 2.37. The predicted molar refractivity (Wildman–Crippen MR) is 73.1 cm³/mol. The van der Waals surface area contributed by atoms with Crippen molar-refractivity contribution in [2.45, 2.75) is 38.3 Å². The number of hydrogen-bond donors (Lipinski definition) is 1. The lowest BCUT2D eigenvalue weighted by Crippen LogP contribution is -2.39. The van der Waals surface area contributed by atoms with E-state index in [0.717, 1.165) is 23.7 Å². The van der Waals surface area contributed by atoms with Crippen molar-refractivity contribution in [1.82, 2.24) is 15.5 Å². The van der Waals surface area contributed by atoms with Crippen LogP contribution in [0.15, 0.2) is 28.8 Å². The smallest absolute Gasteiger partial charge is 0.223 e. The minimum atomic E-state index is 0.541. The molecule has 100 valence electrons. The van der Waals surface area contributed by atoms with E-state index in [1.807, 2.05) is 12.1 Å². The molecule has 0 unspecified atom stereocenters. The molecule has 0 radical (unpaired) electrons. The number of rotatable bonds is 4. The first-order valence-electron chi connectivity index (χ1n) is 6.49. The van der Waals surface area contributed by atoms with Gasteiger partial charge in [0.05, 0.1) is 6.54 Å². The van der Waals surface area contributed by atoms with E-state index in [1.54, 1.807) is 6.92 Å². The highest BCUT2D eigenvalue weighted by Gasteiger charge is 2.29. The van der Waals surface area contributed by atoms with Gasteiger partial charge >= 0.3 is 0 Å². The van der Waals surface area contributed by atoms with Crippen LogP contribution in [-0.4, -0.2) is 16.2 Å². The van der Waals surface area contributed by atoms with Crippen LogP contribution in [0.1, 0.15) is 36.0 Å². The van der Waals surface area contributed by atoms with E-state index in [4.69, 9.17) is 16.1 Å². The molecule has 0 saturated heterocycles. The molecule has 5 heteroatoms. The minimum absolute atomic E-state index is 0.541. The molecule has 1 N–H and O–H groups in total. The molecule has 0 bridgehead atoms. The summed E-state index contributed by atoms with van der Waals surface area (Å²) < 4.78 is 4.94. The third kappa shape index (κ3) is 2.96. The predicted octanol–water partition coefficient (Wildman–Crippen LogP) is 3.07. The Morgan fingerprint density at radius 3 is 2.68 bits per heavy atom. The van der Waals surface area contributed by atoms with Gasteiger partial charge in [-0.2, -0.15) is 4.98 Å². The van der Waals surface area contributed by atoms with E-state index < -0.39 is 0 Å². The molecule has 0 atom stereocenters. The van der Waals surface area contributed by atoms with Crippen molar-refractivity contribution in [1.29, 1.82) is 0 Å². The summed E-state index contributed by atoms with van der Waals surface area (Å²) in [5.74, 6) is 1.98. The van der Waals surface area contributed by atoms with Crippen LogP contribution >= 0.6 is 11.6 Å². The molecule has 1 aliphatic rings. The summed E-state index contributed by atoms with van der Waals surface area (Å²) in [6.07, 6.45) is 2.30. The van der Waals surface area contributed by atoms with E-state index in [0.29, 0.717) is 24.4 Å². The van der Waals surface area contributed by atoms with Gasteiger partial charge in [-0.3, -0.25) is 0 Å². The first kappa shape index (κ1) is 12.6. The number of hydrogen-bond acceptors (Lipinski definition) is 4. The molecule has 1 fully saturated rings. The fraction of sp³-hybridized carbons (Fsp3) is 0.429. The van der Waals surface area contributed by atoms with Crippen molar-refractivity contribution in [3.8, 4) is 0 Å². The molecule has 0 spiro atoms. The topological polar surface area (TPSA) is 51.0 Å². The van der Waals surface area contributed by atoms with Crippen LogP contribution in [0.5, 0.6) is 0 Å². The monoisotopic (exact) mass is 277 g/mol. The lowest BCUT2D eigenvalue weighted by molar-refractivity contribution is 0.285. The Hall–Kier alpha value is -1.39. The number of halogens is 1. The normalized spacial score (nSPS) is 22.2. The van der Waals surface area contributed by atoms with Crippen molar-refractivity contribution in [3.05, 3.63) is 46.6 Å². The molecule has 19 heavy (non-hydrogen) atoms. The van der Waals surface area contributed by atoms with Crippen molar-refractivity contribution in [2.24, 2.45) is 0 Å². The van der Waals surface area contributed by atoms with E-state index in [1.165, 1.54) is 5.56 Å². The van der Waals surface area contributed by atoms with Gasteiger partial charge < -0.3 is 9.84 Å². The van der Waals surface area contributed by atoms with E-state index in [-0.39, 0.29) is 0 Å². The maximum atomic E-state index is 5.89. The Kier molecular flexibility index (Phi) is 3.53. The van der Waals surface area contributed by atoms with Gasteiger partial charge in [-0.15, -0.1) is 0 Å². The Balaban J connectivity index is 1.46. The fourth-order valence-electron chi connectivity index (χ4n) is 2.44. The average Bonchev–Trinajstić information content (AvgIpc) is 2.75. The van der Waals surface area contributed by atoms with Crippen LogP contribution in [0.2, 0.25) is 5.02 Å². The van der Waals surface area contributed by atoms with Crippen LogP contribution in [0.4, 0.5) is 0 Å². The molecule has 2 aromatic rings. The summed E-state index contributed by atoms with van der Waals surface area (Å²) >= 11 is 5.89. The lowest BCUT2D eigenvalue weighted by atomic mass is 9.76. The molecule has 1 aromatic carbocycles. The van der Waals surface area contributed by atoms with Gasteiger partial charge in [-0.25, -0.2) is 0 Å². The first-order chi connectivity index (χ1) is 9.20. The maximum Gasteiger partial charge on any atom is 0.223 e. The second kappa shape index (κ2) is 5.31. The summed E-state index contributed by atoms with van der Waals surface area (Å²) in [6.45, 7) is 2.48. The third-order valence-corrected chi connectivity index (χ3v) is 3.85. The molecular weight excluding hydrogens is 262 g/mol. The Morgan fingerprint density at radius 2 is 2.05 bits per heavy atom. The second-order valence-corrected chi connectivity index (χ2v) is 5.46. The van der Waals surface area contributed by atoms with Gasteiger partial charge in [-0.1, -0.05) is 28.9 Å². The Labute approximate surface area is 117 Å². The molecule has 0 aliphatic heterocycles. The zero-order valence-electron chi connectivity index (χ0n) is 10.8. The van der Waals surface area contributed by atoms with Crippen molar-refractivity contribution >= 4 is 11.6 Å². The summed E-state index contributed by atoms with van der Waals surface area (Å²) in [4.78, 5) is 4.17. The Morgan fingerprint density at radius 1 is 1.32 bits per heavy atom. The van der Waals surface area contributed by atoms with Gasteiger partial charge in [0.1, 0.15) is 0 Å². The average molecular weight is 278 g/mol. The summed E-state index contributed by atoms with van der Waals surface area (Å²) in [5, 5.41) is 8.12. The lowest BCUT2D eigenvalue weighted by Gasteiger charge is -2.36. The number of nitrogens with zero attached hydrogens (tertiary/aromatic N) is 2. The van der Waals surface area contributed by atoms with Crippen LogP contribution in [0.3, 0.4) is 0 Å². The molecular formula is C14H16ClN3O. The van der Waals surface area contributed by atoms with Crippen molar-refractivity contribution in [2.75, 3.05) is 0 Å². The van der Waals surface area contributed by atoms with Crippen LogP contribution in [0, 0.1) is 6.92 Å². The second-order valence-electron chi connectivity index (χ2n) is 5.03. The van der Waals surface area contributed by atoms with Gasteiger partial charge in [0, 0.05) is 18.0 Å². The van der Waals surface area contributed by atoms with Gasteiger partial charge in [0.25, 0.3) is 0 Å². The molecule has 1 saturated carbocycles. The number of aryl methyl sites for hydroxylation is 1. The minimum Gasteiger partial charge on any atom is -0.340 e. The summed E-state index contributed by atoms with van der Waals surface area (Å²) in [5.41, 5.74) is 1.37. The van der Waals surface area contributed by atoms with Gasteiger partial charge in [-0.05, 0) is 36.5 Å². The first-order valence-corrected chi connectivity index (χ1v) is 6.86. The third-order valence-electron chi connectivity index (χ3n) is 3.60. The van der Waals surface area contributed by atoms with Crippen molar-refractivity contribution in [3.63, 3.8) is 0 Å². The van der Waals surface area contributed by atoms with Crippen molar-refractivity contribution < 1.29 is 4.52 Å². The highest BCUT2D eigenvalue weighted by molar-refractivity contribution is 6.30. The van der Waals surface area contributed by atoms with E-state index >= 15 is 0 Å². The number of nitrogens with one attached hydrogen (secondary N) is 1. The number of aromatic nitrogens is 2. The van der Waals surface area contributed by atoms with E-state index in [2.05, 4.69) is 27.6 Å². The molecule has 0 amide bonds. The SMILES string of the molecule is Cc1nc(CNC2CC(c3ccc(Cl)cc3)C2)no1. The molecule has 4 nitrogen and oxygen atoms in total. The fourth-order valence-corrected chi connectivity index (χ4v) is 2.57.